The third-order valence-electron chi connectivity index (χ3n) is 3.67. The first-order chi connectivity index (χ1) is 11.1. The Bertz CT molecular complexity index is 853. The van der Waals surface area contributed by atoms with Gasteiger partial charge in [0.1, 0.15) is 5.75 Å². The monoisotopic (exact) mass is 310 g/mol. The van der Waals surface area contributed by atoms with Crippen LogP contribution < -0.4 is 10.1 Å². The van der Waals surface area contributed by atoms with E-state index in [1.165, 1.54) is 0 Å². The number of anilines is 1. The van der Waals surface area contributed by atoms with Crippen LogP contribution in [0.25, 0.3) is 11.0 Å². The average Bonchev–Trinajstić information content (AvgIpc) is 2.82. The second-order valence-electron chi connectivity index (χ2n) is 5.38. The number of aryl methyl sites for hydroxylation is 2. The summed E-state index contributed by atoms with van der Waals surface area (Å²) in [5, 5.41) is 8.14. The smallest absolute Gasteiger partial charge is 0.228 e. The number of hydrogen-bond donors (Lipinski definition) is 1. The van der Waals surface area contributed by atoms with E-state index >= 15 is 0 Å². The molecule has 23 heavy (non-hydrogen) atoms. The molecule has 1 amide bonds. The number of fused-ring (bicyclic) bond motifs is 1. The second-order valence-corrected chi connectivity index (χ2v) is 5.38. The van der Waals surface area contributed by atoms with Crippen molar-refractivity contribution in [1.29, 1.82) is 0 Å². The summed E-state index contributed by atoms with van der Waals surface area (Å²) in [7, 11) is 3.47. The quantitative estimate of drug-likeness (QED) is 0.803. The maximum atomic E-state index is 12.2. The number of benzene rings is 1. The minimum atomic E-state index is -0.0853. The van der Waals surface area contributed by atoms with Gasteiger partial charge in [0.05, 0.1) is 31.1 Å². The van der Waals surface area contributed by atoms with Crippen LogP contribution in [-0.2, 0) is 18.3 Å². The number of carbonyl (C=O) groups is 1. The van der Waals surface area contributed by atoms with Crippen LogP contribution >= 0.6 is 0 Å². The fourth-order valence-electron chi connectivity index (χ4n) is 2.51. The third-order valence-corrected chi connectivity index (χ3v) is 3.67. The molecule has 0 unspecified atom stereocenters. The van der Waals surface area contributed by atoms with Crippen LogP contribution in [0.4, 0.5) is 5.69 Å². The Hall–Kier alpha value is -2.89. The normalized spacial score (nSPS) is 10.7. The van der Waals surface area contributed by atoms with E-state index < -0.39 is 0 Å². The van der Waals surface area contributed by atoms with E-state index in [0.29, 0.717) is 12.1 Å². The highest BCUT2D eigenvalue weighted by Gasteiger charge is 2.09. The van der Waals surface area contributed by atoms with Crippen molar-refractivity contribution >= 4 is 22.6 Å². The molecule has 6 nitrogen and oxygen atoms in total. The topological polar surface area (TPSA) is 69.0 Å². The minimum absolute atomic E-state index is 0.0853. The maximum absolute atomic E-state index is 12.2. The second kappa shape index (κ2) is 6.08. The number of rotatable bonds is 4. The molecule has 3 aromatic rings. The Morgan fingerprint density at radius 2 is 2.04 bits per heavy atom. The molecule has 1 N–H and O–H groups in total. The number of hydrogen-bond acceptors (Lipinski definition) is 4. The molecule has 2 aromatic heterocycles. The van der Waals surface area contributed by atoms with Gasteiger partial charge in [-0.05, 0) is 30.7 Å². The van der Waals surface area contributed by atoms with E-state index in [4.69, 9.17) is 4.74 Å². The fourth-order valence-corrected chi connectivity index (χ4v) is 2.51. The zero-order valence-electron chi connectivity index (χ0n) is 13.3. The lowest BCUT2D eigenvalue weighted by atomic mass is 10.1. The zero-order valence-corrected chi connectivity index (χ0v) is 13.3. The lowest BCUT2D eigenvalue weighted by Crippen LogP contribution is -2.14. The Morgan fingerprint density at radius 1 is 1.30 bits per heavy atom. The molecule has 0 radical (unpaired) electrons. The van der Waals surface area contributed by atoms with E-state index in [-0.39, 0.29) is 5.91 Å². The molecular formula is C17H18N4O2. The van der Waals surface area contributed by atoms with E-state index in [2.05, 4.69) is 15.4 Å². The first-order valence-corrected chi connectivity index (χ1v) is 7.29. The zero-order chi connectivity index (χ0) is 16.4. The number of aromatic nitrogens is 3. The summed E-state index contributed by atoms with van der Waals surface area (Å²) in [5.74, 6) is 0.689. The van der Waals surface area contributed by atoms with Crippen LogP contribution in [-0.4, -0.2) is 27.8 Å². The summed E-state index contributed by atoms with van der Waals surface area (Å²) in [6, 6.07) is 9.34. The van der Waals surface area contributed by atoms with Gasteiger partial charge in [0.2, 0.25) is 5.91 Å². The van der Waals surface area contributed by atoms with E-state index in [9.17, 15) is 4.79 Å². The molecule has 0 saturated heterocycles. The molecule has 0 bridgehead atoms. The van der Waals surface area contributed by atoms with Gasteiger partial charge in [-0.1, -0.05) is 12.1 Å². The number of nitrogens with zero attached hydrogens (tertiary/aromatic N) is 3. The predicted octanol–water partition coefficient (Wildman–Crippen LogP) is 2.47. The lowest BCUT2D eigenvalue weighted by Gasteiger charge is -2.06. The van der Waals surface area contributed by atoms with Crippen molar-refractivity contribution in [3.63, 3.8) is 0 Å². The fraction of sp³-hybridized carbons (Fsp3) is 0.235. The van der Waals surface area contributed by atoms with Gasteiger partial charge in [-0.2, -0.15) is 5.10 Å². The summed E-state index contributed by atoms with van der Waals surface area (Å²) < 4.78 is 6.84. The number of methoxy groups -OCH3 is 1. The van der Waals surface area contributed by atoms with Crippen molar-refractivity contribution in [2.24, 2.45) is 7.05 Å². The van der Waals surface area contributed by atoms with Gasteiger partial charge in [0.15, 0.2) is 5.65 Å². The third kappa shape index (κ3) is 3.15. The lowest BCUT2D eigenvalue weighted by molar-refractivity contribution is -0.115. The molecule has 118 valence electrons. The number of carbonyl (C=O) groups excluding carboxylic acids is 1. The molecule has 1 aromatic carbocycles. The highest BCUT2D eigenvalue weighted by atomic mass is 16.5. The molecule has 0 spiro atoms. The minimum Gasteiger partial charge on any atom is -0.497 e. The summed E-state index contributed by atoms with van der Waals surface area (Å²) >= 11 is 0. The van der Waals surface area contributed by atoms with Gasteiger partial charge in [-0.25, -0.2) is 4.98 Å². The van der Waals surface area contributed by atoms with Crippen molar-refractivity contribution in [3.8, 4) is 5.75 Å². The van der Waals surface area contributed by atoms with Crippen LogP contribution in [0.15, 0.2) is 36.5 Å². The number of ether oxygens (including phenoxy) is 1. The highest BCUT2D eigenvalue weighted by molar-refractivity contribution is 5.94. The van der Waals surface area contributed by atoms with Gasteiger partial charge in [-0.3, -0.25) is 9.48 Å². The Morgan fingerprint density at radius 3 is 2.74 bits per heavy atom. The van der Waals surface area contributed by atoms with Crippen LogP contribution in [0, 0.1) is 6.92 Å². The van der Waals surface area contributed by atoms with Crippen molar-refractivity contribution in [3.05, 3.63) is 47.8 Å². The van der Waals surface area contributed by atoms with Crippen LogP contribution in [0.2, 0.25) is 0 Å². The summed E-state index contributed by atoms with van der Waals surface area (Å²) in [6.07, 6.45) is 1.95. The standard InChI is InChI=1S/C17H18N4O2/c1-11-15-9-13(10-18-17(15)21(2)20-11)19-16(22)8-12-4-6-14(23-3)7-5-12/h4-7,9-10H,8H2,1-3H3,(H,19,22). The Kier molecular flexibility index (Phi) is 3.97. The summed E-state index contributed by atoms with van der Waals surface area (Å²) in [4.78, 5) is 16.5. The maximum Gasteiger partial charge on any atom is 0.228 e. The van der Waals surface area contributed by atoms with Crippen molar-refractivity contribution in [2.45, 2.75) is 13.3 Å². The molecule has 6 heteroatoms. The molecule has 2 heterocycles. The Labute approximate surface area is 134 Å². The van der Waals surface area contributed by atoms with E-state index in [1.54, 1.807) is 18.0 Å². The van der Waals surface area contributed by atoms with E-state index in [0.717, 1.165) is 28.0 Å². The van der Waals surface area contributed by atoms with Gasteiger partial charge in [-0.15, -0.1) is 0 Å². The summed E-state index contributed by atoms with van der Waals surface area (Å²) in [5.41, 5.74) is 3.29. The van der Waals surface area contributed by atoms with Gasteiger partial charge < -0.3 is 10.1 Å². The number of nitrogens with one attached hydrogen (secondary N) is 1. The molecular weight excluding hydrogens is 292 g/mol. The molecule has 0 saturated carbocycles. The predicted molar refractivity (Wildman–Crippen MR) is 88.6 cm³/mol. The average molecular weight is 310 g/mol. The van der Waals surface area contributed by atoms with Gasteiger partial charge in [0.25, 0.3) is 0 Å². The summed E-state index contributed by atoms with van der Waals surface area (Å²) in [6.45, 7) is 1.92. The Balaban J connectivity index is 1.73. The molecule has 0 aliphatic carbocycles. The molecule has 0 aliphatic heterocycles. The van der Waals surface area contributed by atoms with Crippen molar-refractivity contribution in [1.82, 2.24) is 14.8 Å². The number of pyridine rings is 1. The number of amides is 1. The van der Waals surface area contributed by atoms with Crippen LogP contribution in [0.3, 0.4) is 0 Å². The first-order valence-electron chi connectivity index (χ1n) is 7.29. The largest absolute Gasteiger partial charge is 0.497 e. The molecule has 0 atom stereocenters. The van der Waals surface area contributed by atoms with Gasteiger partial charge >= 0.3 is 0 Å². The van der Waals surface area contributed by atoms with Crippen molar-refractivity contribution in [2.75, 3.05) is 12.4 Å². The van der Waals surface area contributed by atoms with E-state index in [1.807, 2.05) is 44.3 Å². The molecule has 0 aliphatic rings. The SMILES string of the molecule is COc1ccc(CC(=O)Nc2cnc3c(c2)c(C)nn3C)cc1. The first kappa shape index (κ1) is 15.0. The highest BCUT2D eigenvalue weighted by Crippen LogP contribution is 2.19. The van der Waals surface area contributed by atoms with Crippen LogP contribution in [0.1, 0.15) is 11.3 Å². The van der Waals surface area contributed by atoms with Crippen molar-refractivity contribution < 1.29 is 9.53 Å². The molecule has 3 rings (SSSR count). The molecule has 0 fully saturated rings. The van der Waals surface area contributed by atoms with Gasteiger partial charge in [0, 0.05) is 12.4 Å². The van der Waals surface area contributed by atoms with Crippen LogP contribution in [0.5, 0.6) is 5.75 Å².